The van der Waals surface area contributed by atoms with Gasteiger partial charge in [0.2, 0.25) is 0 Å². The molecule has 0 N–H and O–H groups in total. The Balaban J connectivity index is 1.86. The van der Waals surface area contributed by atoms with E-state index in [0.717, 1.165) is 5.56 Å². The van der Waals surface area contributed by atoms with Crippen LogP contribution >= 0.6 is 0 Å². The van der Waals surface area contributed by atoms with E-state index < -0.39 is 12.1 Å². The number of nitriles is 1. The third-order valence-electron chi connectivity index (χ3n) is 2.85. The van der Waals surface area contributed by atoms with Crippen molar-refractivity contribution in [2.75, 3.05) is 0 Å². The van der Waals surface area contributed by atoms with E-state index in [-0.39, 0.29) is 6.61 Å². The van der Waals surface area contributed by atoms with Gasteiger partial charge in [-0.25, -0.2) is 4.79 Å². The predicted molar refractivity (Wildman–Crippen MR) is 77.5 cm³/mol. The molecule has 2 rings (SSSR count). The van der Waals surface area contributed by atoms with Gasteiger partial charge in [-0.15, -0.1) is 0 Å². The van der Waals surface area contributed by atoms with Crippen molar-refractivity contribution in [2.45, 2.75) is 19.6 Å². The number of ether oxygens (including phenoxy) is 2. The van der Waals surface area contributed by atoms with E-state index in [1.807, 2.05) is 36.4 Å². The molecular formula is C17H15NO3. The molecule has 1 atom stereocenters. The van der Waals surface area contributed by atoms with Crippen molar-refractivity contribution in [1.29, 1.82) is 5.26 Å². The molecule has 0 heterocycles. The fourth-order valence-corrected chi connectivity index (χ4v) is 1.71. The lowest BCUT2D eigenvalue weighted by Crippen LogP contribution is -2.26. The fourth-order valence-electron chi connectivity index (χ4n) is 1.71. The zero-order chi connectivity index (χ0) is 15.1. The summed E-state index contributed by atoms with van der Waals surface area (Å²) in [5, 5.41) is 8.71. The molecule has 0 saturated heterocycles. The summed E-state index contributed by atoms with van der Waals surface area (Å²) >= 11 is 0. The van der Waals surface area contributed by atoms with Crippen LogP contribution in [0, 0.1) is 11.3 Å². The first-order valence-corrected chi connectivity index (χ1v) is 6.56. The summed E-state index contributed by atoms with van der Waals surface area (Å²) in [5.74, 6) is 0.0985. The molecule has 106 valence electrons. The molecule has 0 radical (unpaired) electrons. The van der Waals surface area contributed by atoms with Crippen LogP contribution in [0.4, 0.5) is 0 Å². The van der Waals surface area contributed by atoms with Gasteiger partial charge in [0, 0.05) is 0 Å². The number of nitrogens with zero attached hydrogens (tertiary/aromatic N) is 1. The highest BCUT2D eigenvalue weighted by Gasteiger charge is 2.16. The summed E-state index contributed by atoms with van der Waals surface area (Å²) in [6.07, 6.45) is -0.707. The molecule has 0 unspecified atom stereocenters. The van der Waals surface area contributed by atoms with Gasteiger partial charge in [0.05, 0.1) is 11.6 Å². The van der Waals surface area contributed by atoms with Crippen molar-refractivity contribution in [1.82, 2.24) is 0 Å². The Kier molecular flexibility index (Phi) is 4.94. The molecule has 0 aliphatic heterocycles. The minimum Gasteiger partial charge on any atom is -0.479 e. The maximum Gasteiger partial charge on any atom is 0.347 e. The number of carbonyl (C=O) groups excluding carboxylic acids is 1. The Hall–Kier alpha value is -2.80. The SMILES string of the molecule is C[C@H](Oc1ccc(C#N)cc1)C(=O)OCc1ccccc1. The molecule has 0 aliphatic carbocycles. The number of esters is 1. The minimum absolute atomic E-state index is 0.223. The molecule has 0 spiro atoms. The maximum absolute atomic E-state index is 11.8. The first kappa shape index (κ1) is 14.6. The van der Waals surface area contributed by atoms with Crippen LogP contribution in [-0.4, -0.2) is 12.1 Å². The summed E-state index contributed by atoms with van der Waals surface area (Å²) < 4.78 is 10.7. The molecule has 2 aromatic carbocycles. The van der Waals surface area contributed by atoms with Crippen LogP contribution in [0.1, 0.15) is 18.1 Å². The Labute approximate surface area is 123 Å². The van der Waals surface area contributed by atoms with E-state index in [4.69, 9.17) is 14.7 Å². The van der Waals surface area contributed by atoms with E-state index in [1.54, 1.807) is 31.2 Å². The zero-order valence-corrected chi connectivity index (χ0v) is 11.7. The molecular weight excluding hydrogens is 266 g/mol. The quantitative estimate of drug-likeness (QED) is 0.790. The van der Waals surface area contributed by atoms with E-state index in [9.17, 15) is 4.79 Å². The van der Waals surface area contributed by atoms with Crippen molar-refractivity contribution in [2.24, 2.45) is 0 Å². The second-order valence-electron chi connectivity index (χ2n) is 4.49. The van der Waals surface area contributed by atoms with Crippen molar-refractivity contribution in [3.63, 3.8) is 0 Å². The Morgan fingerprint density at radius 1 is 1.14 bits per heavy atom. The van der Waals surface area contributed by atoms with Crippen LogP contribution in [0.25, 0.3) is 0 Å². The van der Waals surface area contributed by atoms with Gasteiger partial charge >= 0.3 is 5.97 Å². The van der Waals surface area contributed by atoms with E-state index in [1.165, 1.54) is 0 Å². The largest absolute Gasteiger partial charge is 0.479 e. The molecule has 0 bridgehead atoms. The van der Waals surface area contributed by atoms with Crippen molar-refractivity contribution >= 4 is 5.97 Å². The number of carbonyl (C=O) groups is 1. The van der Waals surface area contributed by atoms with E-state index >= 15 is 0 Å². The average Bonchev–Trinajstić information content (AvgIpc) is 2.54. The van der Waals surface area contributed by atoms with Crippen LogP contribution in [0.3, 0.4) is 0 Å². The van der Waals surface area contributed by atoms with Gasteiger partial charge in [-0.05, 0) is 36.8 Å². The van der Waals surface area contributed by atoms with Gasteiger partial charge in [-0.2, -0.15) is 5.26 Å². The normalized spacial score (nSPS) is 11.2. The second kappa shape index (κ2) is 7.11. The fraction of sp³-hybridized carbons (Fsp3) is 0.176. The minimum atomic E-state index is -0.707. The topological polar surface area (TPSA) is 59.3 Å². The van der Waals surface area contributed by atoms with Gasteiger partial charge in [-0.1, -0.05) is 30.3 Å². The molecule has 0 fully saturated rings. The van der Waals surface area contributed by atoms with Gasteiger partial charge in [0.25, 0.3) is 0 Å². The zero-order valence-electron chi connectivity index (χ0n) is 11.7. The molecule has 0 saturated carbocycles. The highest BCUT2D eigenvalue weighted by Crippen LogP contribution is 2.14. The highest BCUT2D eigenvalue weighted by molar-refractivity contribution is 5.74. The highest BCUT2D eigenvalue weighted by atomic mass is 16.6. The van der Waals surface area contributed by atoms with Crippen LogP contribution < -0.4 is 4.74 Å². The summed E-state index contributed by atoms with van der Waals surface area (Å²) in [6, 6.07) is 18.1. The molecule has 4 heteroatoms. The Morgan fingerprint density at radius 2 is 1.81 bits per heavy atom. The predicted octanol–water partition coefficient (Wildman–Crippen LogP) is 3.07. The standard InChI is InChI=1S/C17H15NO3/c1-13(21-16-9-7-14(11-18)8-10-16)17(19)20-12-15-5-3-2-4-6-15/h2-10,13H,12H2,1H3/t13-/m0/s1. The first-order chi connectivity index (χ1) is 10.2. The monoisotopic (exact) mass is 281 g/mol. The molecule has 0 aromatic heterocycles. The van der Waals surface area contributed by atoms with Gasteiger partial charge in [0.1, 0.15) is 12.4 Å². The van der Waals surface area contributed by atoms with Crippen LogP contribution in [-0.2, 0) is 16.1 Å². The van der Waals surface area contributed by atoms with Crippen LogP contribution in [0.15, 0.2) is 54.6 Å². The number of hydrogen-bond acceptors (Lipinski definition) is 4. The number of benzene rings is 2. The lowest BCUT2D eigenvalue weighted by Gasteiger charge is -2.14. The molecule has 2 aromatic rings. The van der Waals surface area contributed by atoms with E-state index in [0.29, 0.717) is 11.3 Å². The summed E-state index contributed by atoms with van der Waals surface area (Å²) in [6.45, 7) is 1.85. The van der Waals surface area contributed by atoms with Crippen molar-refractivity contribution < 1.29 is 14.3 Å². The Morgan fingerprint density at radius 3 is 2.43 bits per heavy atom. The lowest BCUT2D eigenvalue weighted by atomic mass is 10.2. The third kappa shape index (κ3) is 4.36. The number of hydrogen-bond donors (Lipinski definition) is 0. The molecule has 0 aliphatic rings. The molecule has 0 amide bonds. The lowest BCUT2D eigenvalue weighted by molar-refractivity contribution is -0.152. The van der Waals surface area contributed by atoms with Gasteiger partial charge in [-0.3, -0.25) is 0 Å². The van der Waals surface area contributed by atoms with Crippen molar-refractivity contribution in [3.05, 3.63) is 65.7 Å². The first-order valence-electron chi connectivity index (χ1n) is 6.56. The molecule has 21 heavy (non-hydrogen) atoms. The summed E-state index contributed by atoms with van der Waals surface area (Å²) in [5.41, 5.74) is 1.47. The Bertz CT molecular complexity index is 629. The third-order valence-corrected chi connectivity index (χ3v) is 2.85. The van der Waals surface area contributed by atoms with Gasteiger partial charge in [0.15, 0.2) is 6.10 Å². The number of rotatable bonds is 5. The van der Waals surface area contributed by atoms with Crippen LogP contribution in [0.5, 0.6) is 5.75 Å². The summed E-state index contributed by atoms with van der Waals surface area (Å²) in [7, 11) is 0. The molecule has 4 nitrogen and oxygen atoms in total. The average molecular weight is 281 g/mol. The summed E-state index contributed by atoms with van der Waals surface area (Å²) in [4.78, 5) is 11.8. The maximum atomic E-state index is 11.8. The second-order valence-corrected chi connectivity index (χ2v) is 4.49. The van der Waals surface area contributed by atoms with E-state index in [2.05, 4.69) is 0 Å². The smallest absolute Gasteiger partial charge is 0.347 e. The van der Waals surface area contributed by atoms with Crippen LogP contribution in [0.2, 0.25) is 0 Å². The van der Waals surface area contributed by atoms with Crippen molar-refractivity contribution in [3.8, 4) is 11.8 Å². The van der Waals surface area contributed by atoms with Gasteiger partial charge < -0.3 is 9.47 Å².